The van der Waals surface area contributed by atoms with Gasteiger partial charge in [-0.3, -0.25) is 0 Å². The molecule has 120 valence electrons. The SMILES string of the molecule is CCN(C(C)CN(C)C)S(=O)(=O)c1cc(C(=O)O)sc1C. The van der Waals surface area contributed by atoms with Crippen LogP contribution in [0.1, 0.15) is 28.4 Å². The van der Waals surface area contributed by atoms with Crippen molar-refractivity contribution in [1.82, 2.24) is 9.21 Å². The van der Waals surface area contributed by atoms with Crippen LogP contribution in [0.15, 0.2) is 11.0 Å². The molecule has 1 unspecified atom stereocenters. The van der Waals surface area contributed by atoms with Gasteiger partial charge in [0.25, 0.3) is 0 Å². The van der Waals surface area contributed by atoms with E-state index in [9.17, 15) is 13.2 Å². The Kier molecular flexibility index (Phi) is 5.92. The first-order valence-electron chi connectivity index (χ1n) is 6.61. The molecule has 0 radical (unpaired) electrons. The highest BCUT2D eigenvalue weighted by atomic mass is 32.2. The Hall–Kier alpha value is -0.960. The van der Waals surface area contributed by atoms with Gasteiger partial charge in [0.1, 0.15) is 4.88 Å². The summed E-state index contributed by atoms with van der Waals surface area (Å²) in [6, 6.07) is 1.06. The van der Waals surface area contributed by atoms with E-state index in [2.05, 4.69) is 0 Å². The molecule has 1 heterocycles. The van der Waals surface area contributed by atoms with Crippen molar-refractivity contribution in [2.75, 3.05) is 27.2 Å². The Morgan fingerprint density at radius 2 is 2.00 bits per heavy atom. The summed E-state index contributed by atoms with van der Waals surface area (Å²) in [5.41, 5.74) is 0. The average Bonchev–Trinajstić information content (AvgIpc) is 2.71. The first-order chi connectivity index (χ1) is 9.61. The Labute approximate surface area is 130 Å². The molecule has 0 saturated heterocycles. The Bertz CT molecular complexity index is 608. The van der Waals surface area contributed by atoms with E-state index in [0.717, 1.165) is 11.3 Å². The lowest BCUT2D eigenvalue weighted by molar-refractivity contribution is 0.0702. The number of likely N-dealkylation sites (N-methyl/N-ethyl adjacent to an activating group) is 2. The topological polar surface area (TPSA) is 77.9 Å². The summed E-state index contributed by atoms with van der Waals surface area (Å²) in [7, 11) is 0.0829. The van der Waals surface area contributed by atoms with Crippen molar-refractivity contribution in [3.8, 4) is 0 Å². The monoisotopic (exact) mass is 334 g/mol. The standard InChI is InChI=1S/C13H22N2O4S2/c1-6-15(9(2)8-14(4)5)21(18,19)12-7-11(13(16)17)20-10(12)3/h7,9H,6,8H2,1-5H3,(H,16,17). The molecule has 21 heavy (non-hydrogen) atoms. The van der Waals surface area contributed by atoms with Gasteiger partial charge in [-0.05, 0) is 34.0 Å². The van der Waals surface area contributed by atoms with Crippen LogP contribution < -0.4 is 0 Å². The molecular formula is C13H22N2O4S2. The highest BCUT2D eigenvalue weighted by Crippen LogP contribution is 2.29. The number of nitrogens with zero attached hydrogens (tertiary/aromatic N) is 2. The molecule has 8 heteroatoms. The van der Waals surface area contributed by atoms with Crippen molar-refractivity contribution in [1.29, 1.82) is 0 Å². The van der Waals surface area contributed by atoms with Crippen LogP contribution in [0, 0.1) is 6.92 Å². The van der Waals surface area contributed by atoms with Crippen LogP contribution in [0.25, 0.3) is 0 Å². The third-order valence-electron chi connectivity index (χ3n) is 3.10. The minimum atomic E-state index is -3.69. The average molecular weight is 334 g/mol. The quantitative estimate of drug-likeness (QED) is 0.821. The van der Waals surface area contributed by atoms with Gasteiger partial charge in [0.2, 0.25) is 10.0 Å². The Morgan fingerprint density at radius 3 is 2.38 bits per heavy atom. The molecule has 0 aliphatic rings. The van der Waals surface area contributed by atoms with Crippen molar-refractivity contribution in [2.24, 2.45) is 0 Å². The van der Waals surface area contributed by atoms with Crippen LogP contribution in [0.4, 0.5) is 0 Å². The number of carbonyl (C=O) groups is 1. The number of hydrogen-bond donors (Lipinski definition) is 1. The fourth-order valence-corrected chi connectivity index (χ4v) is 5.32. The van der Waals surface area contributed by atoms with Gasteiger partial charge in [0.05, 0.1) is 4.90 Å². The van der Waals surface area contributed by atoms with Crippen molar-refractivity contribution in [3.63, 3.8) is 0 Å². The molecule has 0 aliphatic carbocycles. The second-order valence-electron chi connectivity index (χ2n) is 5.16. The first kappa shape index (κ1) is 18.1. The maximum Gasteiger partial charge on any atom is 0.345 e. The molecule has 0 fully saturated rings. The lowest BCUT2D eigenvalue weighted by atomic mass is 10.3. The van der Waals surface area contributed by atoms with Crippen molar-refractivity contribution in [3.05, 3.63) is 15.8 Å². The van der Waals surface area contributed by atoms with E-state index < -0.39 is 16.0 Å². The number of rotatable bonds is 7. The van der Waals surface area contributed by atoms with Gasteiger partial charge in [0, 0.05) is 24.0 Å². The van der Waals surface area contributed by atoms with Crippen LogP contribution in [-0.4, -0.2) is 61.9 Å². The molecule has 1 aromatic rings. The van der Waals surface area contributed by atoms with Crippen molar-refractivity contribution < 1.29 is 18.3 Å². The van der Waals surface area contributed by atoms with Crippen LogP contribution in [-0.2, 0) is 10.0 Å². The smallest absolute Gasteiger partial charge is 0.345 e. The second kappa shape index (κ2) is 6.87. The van der Waals surface area contributed by atoms with Crippen LogP contribution in [0.3, 0.4) is 0 Å². The summed E-state index contributed by atoms with van der Waals surface area (Å²) in [6.45, 7) is 6.20. The minimum Gasteiger partial charge on any atom is -0.477 e. The number of thiophene rings is 1. The van der Waals surface area contributed by atoms with E-state index >= 15 is 0 Å². The van der Waals surface area contributed by atoms with E-state index in [1.165, 1.54) is 10.4 Å². The predicted octanol–water partition coefficient (Wildman–Crippen LogP) is 1.72. The summed E-state index contributed by atoms with van der Waals surface area (Å²) < 4.78 is 26.9. The van der Waals surface area contributed by atoms with Gasteiger partial charge in [-0.15, -0.1) is 11.3 Å². The second-order valence-corrected chi connectivity index (χ2v) is 8.27. The zero-order valence-corrected chi connectivity index (χ0v) is 14.6. The number of hydrogen-bond acceptors (Lipinski definition) is 5. The highest BCUT2D eigenvalue weighted by Gasteiger charge is 2.31. The number of carboxylic acid groups (broad SMARTS) is 1. The summed E-state index contributed by atoms with van der Waals surface area (Å²) in [5, 5.41) is 9.01. The van der Waals surface area contributed by atoms with Gasteiger partial charge in [-0.2, -0.15) is 4.31 Å². The molecule has 0 saturated carbocycles. The third-order valence-corrected chi connectivity index (χ3v) is 6.49. The van der Waals surface area contributed by atoms with Gasteiger partial charge in [0.15, 0.2) is 0 Å². The molecule has 0 spiro atoms. The molecule has 1 rings (SSSR count). The van der Waals surface area contributed by atoms with E-state index in [1.54, 1.807) is 13.8 Å². The number of sulfonamides is 1. The molecule has 0 amide bonds. The summed E-state index contributed by atoms with van der Waals surface area (Å²) in [5.74, 6) is -1.10. The molecular weight excluding hydrogens is 312 g/mol. The van der Waals surface area contributed by atoms with E-state index in [-0.39, 0.29) is 15.8 Å². The fourth-order valence-electron chi connectivity index (χ4n) is 2.29. The predicted molar refractivity (Wildman–Crippen MR) is 83.6 cm³/mol. The summed E-state index contributed by atoms with van der Waals surface area (Å²) in [6.07, 6.45) is 0. The number of carboxylic acids is 1. The highest BCUT2D eigenvalue weighted by molar-refractivity contribution is 7.89. The maximum atomic E-state index is 12.8. The number of aryl methyl sites for hydroxylation is 1. The normalized spacial score (nSPS) is 13.9. The van der Waals surface area contributed by atoms with Crippen LogP contribution in [0.5, 0.6) is 0 Å². The lowest BCUT2D eigenvalue weighted by Crippen LogP contribution is -2.43. The van der Waals surface area contributed by atoms with Gasteiger partial charge >= 0.3 is 5.97 Å². The van der Waals surface area contributed by atoms with Gasteiger partial charge in [-0.25, -0.2) is 13.2 Å². The molecule has 1 aromatic heterocycles. The number of aromatic carboxylic acids is 1. The van der Waals surface area contributed by atoms with Crippen LogP contribution >= 0.6 is 11.3 Å². The zero-order valence-electron chi connectivity index (χ0n) is 13.0. The first-order valence-corrected chi connectivity index (χ1v) is 8.87. The molecule has 1 N–H and O–H groups in total. The maximum absolute atomic E-state index is 12.8. The van der Waals surface area contributed by atoms with E-state index in [0.29, 0.717) is 18.0 Å². The molecule has 0 aromatic carbocycles. The van der Waals surface area contributed by atoms with Crippen molar-refractivity contribution >= 4 is 27.3 Å². The van der Waals surface area contributed by atoms with E-state index in [1.807, 2.05) is 25.9 Å². The fraction of sp³-hybridized carbons (Fsp3) is 0.615. The van der Waals surface area contributed by atoms with E-state index in [4.69, 9.17) is 5.11 Å². The summed E-state index contributed by atoms with van der Waals surface area (Å²) in [4.78, 5) is 13.6. The zero-order chi connectivity index (χ0) is 16.4. The largest absolute Gasteiger partial charge is 0.477 e. The molecule has 6 nitrogen and oxygen atoms in total. The molecule has 1 atom stereocenters. The van der Waals surface area contributed by atoms with Crippen molar-refractivity contribution in [2.45, 2.75) is 31.7 Å². The molecule has 0 bridgehead atoms. The van der Waals surface area contributed by atoms with Crippen LogP contribution in [0.2, 0.25) is 0 Å². The summed E-state index contributed by atoms with van der Waals surface area (Å²) >= 11 is 0.987. The third kappa shape index (κ3) is 4.03. The van der Waals surface area contributed by atoms with Gasteiger partial charge < -0.3 is 10.0 Å². The molecule has 0 aliphatic heterocycles. The lowest BCUT2D eigenvalue weighted by Gasteiger charge is -2.29. The minimum absolute atomic E-state index is 0.0439. The Morgan fingerprint density at radius 1 is 1.43 bits per heavy atom. The Balaban J connectivity index is 3.21. The van der Waals surface area contributed by atoms with Gasteiger partial charge in [-0.1, -0.05) is 6.92 Å².